The van der Waals surface area contributed by atoms with E-state index in [-0.39, 0.29) is 31.6 Å². The third-order valence-electron chi connectivity index (χ3n) is 12.4. The Bertz CT molecular complexity index is 1250. The number of hydrogen-bond acceptors (Lipinski definition) is 5. The van der Waals surface area contributed by atoms with Gasteiger partial charge in [-0.25, -0.2) is 0 Å². The van der Waals surface area contributed by atoms with Crippen LogP contribution in [-0.4, -0.2) is 37.9 Å². The monoisotopic (exact) mass is 947 g/mol. The molecule has 0 N–H and O–H groups in total. The van der Waals surface area contributed by atoms with E-state index in [9.17, 15) is 9.59 Å². The highest BCUT2D eigenvalue weighted by Crippen LogP contribution is 2.15. The van der Waals surface area contributed by atoms with E-state index in [4.69, 9.17) is 14.2 Å². The Morgan fingerprint density at radius 3 is 1.12 bits per heavy atom. The molecule has 0 heterocycles. The highest BCUT2D eigenvalue weighted by Gasteiger charge is 2.17. The minimum Gasteiger partial charge on any atom is -0.462 e. The van der Waals surface area contributed by atoms with Gasteiger partial charge in [-0.2, -0.15) is 0 Å². The molecule has 5 nitrogen and oxygen atoms in total. The van der Waals surface area contributed by atoms with Gasteiger partial charge < -0.3 is 14.2 Å². The number of unbranched alkanes of at least 4 members (excludes halogenated alkanes) is 29. The van der Waals surface area contributed by atoms with E-state index in [0.717, 1.165) is 64.2 Å². The van der Waals surface area contributed by atoms with Crippen LogP contribution < -0.4 is 0 Å². The minimum absolute atomic E-state index is 0.0417. The zero-order valence-corrected chi connectivity index (χ0v) is 45.1. The molecule has 0 radical (unpaired) electrons. The summed E-state index contributed by atoms with van der Waals surface area (Å²) >= 11 is 0. The van der Waals surface area contributed by atoms with E-state index < -0.39 is 6.10 Å². The minimum atomic E-state index is -0.597. The van der Waals surface area contributed by atoms with Crippen molar-refractivity contribution >= 4 is 11.9 Å². The van der Waals surface area contributed by atoms with Gasteiger partial charge in [0.2, 0.25) is 0 Å². The van der Waals surface area contributed by atoms with Gasteiger partial charge in [-0.05, 0) is 96.3 Å². The van der Waals surface area contributed by atoms with Gasteiger partial charge in [-0.3, -0.25) is 9.59 Å². The van der Waals surface area contributed by atoms with Crippen LogP contribution in [0.5, 0.6) is 0 Å². The number of carbonyl (C=O) groups is 2. The maximum absolute atomic E-state index is 12.8. The van der Waals surface area contributed by atoms with Crippen LogP contribution in [0, 0.1) is 0 Å². The predicted octanol–water partition coefficient (Wildman–Crippen LogP) is 20.0. The van der Waals surface area contributed by atoms with Gasteiger partial charge in [0.25, 0.3) is 0 Å². The van der Waals surface area contributed by atoms with Gasteiger partial charge in [0.05, 0.1) is 13.0 Å². The van der Waals surface area contributed by atoms with Crippen molar-refractivity contribution in [2.45, 2.75) is 284 Å². The van der Waals surface area contributed by atoms with Crippen LogP contribution in [0.4, 0.5) is 0 Å². The second kappa shape index (κ2) is 58.4. The number of ether oxygens (including phenoxy) is 3. The quantitative estimate of drug-likeness (QED) is 0.0345. The molecule has 0 aliphatic rings. The van der Waals surface area contributed by atoms with Crippen LogP contribution in [-0.2, 0) is 23.8 Å². The lowest BCUT2D eigenvalue weighted by molar-refractivity contribution is -0.162. The molecule has 68 heavy (non-hydrogen) atoms. The zero-order valence-electron chi connectivity index (χ0n) is 45.1. The summed E-state index contributed by atoms with van der Waals surface area (Å²) in [5.41, 5.74) is 0. The lowest BCUT2D eigenvalue weighted by Crippen LogP contribution is -2.29. The number of carbonyl (C=O) groups excluding carboxylic acids is 2. The highest BCUT2D eigenvalue weighted by molar-refractivity contribution is 5.71. The van der Waals surface area contributed by atoms with Gasteiger partial charge in [-0.1, -0.05) is 254 Å². The van der Waals surface area contributed by atoms with Crippen LogP contribution in [0.1, 0.15) is 278 Å². The second-order valence-electron chi connectivity index (χ2n) is 19.2. The molecule has 1 unspecified atom stereocenters. The lowest BCUT2D eigenvalue weighted by Gasteiger charge is -2.18. The van der Waals surface area contributed by atoms with Crippen molar-refractivity contribution in [3.63, 3.8) is 0 Å². The summed E-state index contributed by atoms with van der Waals surface area (Å²) in [4.78, 5) is 25.5. The fourth-order valence-corrected chi connectivity index (χ4v) is 8.11. The first kappa shape index (κ1) is 65.1. The average Bonchev–Trinajstić information content (AvgIpc) is 3.34. The summed E-state index contributed by atoms with van der Waals surface area (Å²) in [6, 6.07) is 0. The zero-order chi connectivity index (χ0) is 49.2. The molecule has 1 atom stereocenters. The molecule has 5 heteroatoms. The third kappa shape index (κ3) is 55.7. The topological polar surface area (TPSA) is 61.8 Å². The normalized spacial score (nSPS) is 12.8. The lowest BCUT2D eigenvalue weighted by atomic mass is 10.1. The SMILES string of the molecule is CC/C=C\C/C=C\C/C=C\C/C=C\C/C=C\CC(=O)OC(COCCCCCCCCCC/C=C\CCCCCCCC)COC(=O)CCCCCCCCCCC/C=C\CCCCCCCC. The van der Waals surface area contributed by atoms with E-state index >= 15 is 0 Å². The smallest absolute Gasteiger partial charge is 0.310 e. The van der Waals surface area contributed by atoms with Crippen LogP contribution in [0.15, 0.2) is 85.1 Å². The van der Waals surface area contributed by atoms with Crippen LogP contribution in [0.3, 0.4) is 0 Å². The predicted molar refractivity (Wildman–Crippen MR) is 297 cm³/mol. The molecule has 0 bridgehead atoms. The van der Waals surface area contributed by atoms with Crippen molar-refractivity contribution in [3.8, 4) is 0 Å². The van der Waals surface area contributed by atoms with Gasteiger partial charge >= 0.3 is 11.9 Å². The van der Waals surface area contributed by atoms with E-state index in [2.05, 4.69) is 93.7 Å². The number of esters is 2. The summed E-state index contributed by atoms with van der Waals surface area (Å²) in [6.45, 7) is 7.62. The van der Waals surface area contributed by atoms with Crippen molar-refractivity contribution in [1.29, 1.82) is 0 Å². The third-order valence-corrected chi connectivity index (χ3v) is 12.4. The van der Waals surface area contributed by atoms with Crippen molar-refractivity contribution in [2.24, 2.45) is 0 Å². The molecule has 0 aliphatic heterocycles. The van der Waals surface area contributed by atoms with Crippen LogP contribution in [0.2, 0.25) is 0 Å². The van der Waals surface area contributed by atoms with Gasteiger partial charge in [0.1, 0.15) is 6.61 Å². The fourth-order valence-electron chi connectivity index (χ4n) is 8.11. The second-order valence-corrected chi connectivity index (χ2v) is 19.2. The average molecular weight is 948 g/mol. The molecule has 0 aromatic heterocycles. The molecule has 0 saturated heterocycles. The summed E-state index contributed by atoms with van der Waals surface area (Å²) in [6.07, 6.45) is 77.8. The van der Waals surface area contributed by atoms with E-state index in [0.29, 0.717) is 13.0 Å². The van der Waals surface area contributed by atoms with E-state index in [1.807, 2.05) is 12.2 Å². The fraction of sp³-hybridized carbons (Fsp3) is 0.746. The van der Waals surface area contributed by atoms with E-state index in [1.54, 1.807) is 0 Å². The number of hydrogen-bond donors (Lipinski definition) is 0. The summed E-state index contributed by atoms with van der Waals surface area (Å²) in [7, 11) is 0. The molecule has 0 fully saturated rings. The van der Waals surface area contributed by atoms with Crippen LogP contribution >= 0.6 is 0 Å². The number of rotatable bonds is 53. The van der Waals surface area contributed by atoms with Crippen molar-refractivity contribution in [3.05, 3.63) is 85.1 Å². The maximum atomic E-state index is 12.8. The summed E-state index contributed by atoms with van der Waals surface area (Å²) < 4.78 is 17.4. The standard InChI is InChI=1S/C63H110O5/c1-4-7-10-13-16-19-22-25-28-30-32-33-36-38-41-44-47-50-53-56-62(64)67-60-61(68-63(65)57-54-51-48-45-42-39-35-27-24-21-18-15-12-9-6-3)59-66-58-55-52-49-46-43-40-37-34-31-29-26-23-20-17-14-11-8-5-2/h9,12,18,21,25-29,35,42,45,51,54,61H,4-8,10-11,13-17,19-20,22-24,30-34,36-41,43-44,46-50,52-53,55-60H2,1-3H3/b12-9-,21-18-,28-25-,29-26-,35-27-,45-42-,54-51-. The first-order valence-electron chi connectivity index (χ1n) is 29.1. The van der Waals surface area contributed by atoms with Gasteiger partial charge in [0, 0.05) is 13.0 Å². The molecule has 0 saturated carbocycles. The molecular weight excluding hydrogens is 837 g/mol. The highest BCUT2D eigenvalue weighted by atomic mass is 16.6. The summed E-state index contributed by atoms with van der Waals surface area (Å²) in [5, 5.41) is 0. The first-order valence-corrected chi connectivity index (χ1v) is 29.1. The van der Waals surface area contributed by atoms with Crippen LogP contribution in [0.25, 0.3) is 0 Å². The van der Waals surface area contributed by atoms with Gasteiger partial charge in [0.15, 0.2) is 6.10 Å². The molecule has 0 spiro atoms. The molecule has 0 aliphatic carbocycles. The molecule has 392 valence electrons. The van der Waals surface area contributed by atoms with Crippen molar-refractivity contribution in [2.75, 3.05) is 19.8 Å². The Labute approximate surface area is 422 Å². The molecule has 0 aromatic rings. The Morgan fingerprint density at radius 2 is 0.706 bits per heavy atom. The molecule has 0 amide bonds. The maximum Gasteiger partial charge on any atom is 0.310 e. The molecule has 0 aromatic carbocycles. The molecule has 0 rings (SSSR count). The van der Waals surface area contributed by atoms with E-state index in [1.165, 1.54) is 180 Å². The first-order chi connectivity index (χ1) is 33.6. The van der Waals surface area contributed by atoms with Gasteiger partial charge in [-0.15, -0.1) is 0 Å². The molecular formula is C63H110O5. The Balaban J connectivity index is 4.35. The van der Waals surface area contributed by atoms with Crippen molar-refractivity contribution < 1.29 is 23.8 Å². The Morgan fingerprint density at radius 1 is 0.353 bits per heavy atom. The Kier molecular flexibility index (Phi) is 55.9. The largest absolute Gasteiger partial charge is 0.462 e. The Hall–Kier alpha value is -2.92. The van der Waals surface area contributed by atoms with Crippen molar-refractivity contribution in [1.82, 2.24) is 0 Å². The number of allylic oxidation sites excluding steroid dienone is 13. The summed E-state index contributed by atoms with van der Waals surface area (Å²) in [5.74, 6) is -0.541.